The van der Waals surface area contributed by atoms with Crippen LogP contribution in [-0.4, -0.2) is 19.5 Å². The molecule has 4 nitrogen and oxygen atoms in total. The summed E-state index contributed by atoms with van der Waals surface area (Å²) in [7, 11) is 0. The average molecular weight is 228 g/mol. The van der Waals surface area contributed by atoms with Gasteiger partial charge in [-0.2, -0.15) is 0 Å². The van der Waals surface area contributed by atoms with Gasteiger partial charge in [0.25, 0.3) is 0 Å². The van der Waals surface area contributed by atoms with Crippen LogP contribution in [0.15, 0.2) is 6.20 Å². The number of terminal acetylenes is 1. The van der Waals surface area contributed by atoms with Crippen molar-refractivity contribution in [3.63, 3.8) is 0 Å². The lowest BCUT2D eigenvalue weighted by molar-refractivity contribution is 0.471. The summed E-state index contributed by atoms with van der Waals surface area (Å²) in [5.74, 6) is 3.46. The molecule has 0 N–H and O–H groups in total. The third-order valence-electron chi connectivity index (χ3n) is 3.04. The molecule has 0 atom stereocenters. The predicted molar refractivity (Wildman–Crippen MR) is 67.6 cm³/mol. The minimum Gasteiger partial charge on any atom is -0.308 e. The highest BCUT2D eigenvalue weighted by atomic mass is 15.2. The van der Waals surface area contributed by atoms with Gasteiger partial charge in [0, 0.05) is 6.04 Å². The second-order valence-electron chi connectivity index (χ2n) is 4.05. The molecule has 2 rings (SSSR count). The molecule has 0 saturated heterocycles. The highest BCUT2D eigenvalue weighted by molar-refractivity contribution is 5.67. The van der Waals surface area contributed by atoms with Gasteiger partial charge in [-0.1, -0.05) is 13.8 Å². The summed E-state index contributed by atoms with van der Waals surface area (Å²) >= 11 is 0. The van der Waals surface area contributed by atoms with E-state index < -0.39 is 0 Å². The number of aryl methyl sites for hydroxylation is 1. The highest BCUT2D eigenvalue weighted by Crippen LogP contribution is 2.22. The van der Waals surface area contributed by atoms with E-state index in [-0.39, 0.29) is 0 Å². The highest BCUT2D eigenvalue weighted by Gasteiger charge is 2.16. The Morgan fingerprint density at radius 1 is 1.35 bits per heavy atom. The minimum absolute atomic E-state index is 0.405. The van der Waals surface area contributed by atoms with Gasteiger partial charge in [-0.3, -0.25) is 0 Å². The fourth-order valence-electron chi connectivity index (χ4n) is 2.13. The summed E-state index contributed by atoms with van der Waals surface area (Å²) in [6.07, 6.45) is 9.04. The molecular weight excluding hydrogens is 212 g/mol. The van der Waals surface area contributed by atoms with Gasteiger partial charge in [0.15, 0.2) is 11.3 Å². The van der Waals surface area contributed by atoms with Crippen LogP contribution in [0.5, 0.6) is 0 Å². The van der Waals surface area contributed by atoms with E-state index in [9.17, 15) is 0 Å². The molecule has 0 aliphatic heterocycles. The first kappa shape index (κ1) is 11.6. The van der Waals surface area contributed by atoms with Crippen LogP contribution in [-0.2, 0) is 0 Å². The summed E-state index contributed by atoms with van der Waals surface area (Å²) in [5.41, 5.74) is 2.03. The third kappa shape index (κ3) is 1.89. The molecule has 0 radical (unpaired) electrons. The summed E-state index contributed by atoms with van der Waals surface area (Å²) in [6.45, 7) is 6.31. The smallest absolute Gasteiger partial charge is 0.197 e. The molecular formula is C13H16N4. The Kier molecular flexibility index (Phi) is 3.10. The first-order valence-electron chi connectivity index (χ1n) is 5.89. The molecule has 2 aromatic heterocycles. The monoisotopic (exact) mass is 228 g/mol. The van der Waals surface area contributed by atoms with Crippen LogP contribution in [0.2, 0.25) is 0 Å². The number of nitrogens with zero attached hydrogens (tertiary/aromatic N) is 4. The number of aromatic nitrogens is 4. The van der Waals surface area contributed by atoms with Crippen LogP contribution < -0.4 is 0 Å². The van der Waals surface area contributed by atoms with Crippen molar-refractivity contribution in [3.8, 4) is 12.3 Å². The molecule has 0 aliphatic carbocycles. The number of fused-ring (bicyclic) bond motifs is 1. The van der Waals surface area contributed by atoms with Crippen LogP contribution in [0, 0.1) is 19.3 Å². The molecule has 2 aromatic rings. The third-order valence-corrected chi connectivity index (χ3v) is 3.04. The van der Waals surface area contributed by atoms with Gasteiger partial charge in [-0.25, -0.2) is 15.0 Å². The van der Waals surface area contributed by atoms with Gasteiger partial charge in [0.1, 0.15) is 11.5 Å². The molecule has 0 aromatic carbocycles. The molecule has 0 unspecified atom stereocenters. The summed E-state index contributed by atoms with van der Waals surface area (Å²) in [6, 6.07) is 0.405. The van der Waals surface area contributed by atoms with Crippen LogP contribution in [0.25, 0.3) is 11.3 Å². The minimum atomic E-state index is 0.405. The predicted octanol–water partition coefficient (Wildman–Crippen LogP) is 2.48. The van der Waals surface area contributed by atoms with Crippen molar-refractivity contribution < 1.29 is 0 Å². The second-order valence-corrected chi connectivity index (χ2v) is 4.05. The van der Waals surface area contributed by atoms with Gasteiger partial charge in [-0.15, -0.1) is 6.42 Å². The SMILES string of the molecule is C#Cc1cnc2nc(C)n(C(CC)CC)c2n1. The Balaban J connectivity index is 2.68. The lowest BCUT2D eigenvalue weighted by Crippen LogP contribution is -2.09. The molecule has 0 bridgehead atoms. The average Bonchev–Trinajstić information content (AvgIpc) is 2.67. The number of hydrogen-bond acceptors (Lipinski definition) is 3. The summed E-state index contributed by atoms with van der Waals surface area (Å²) in [5, 5.41) is 0. The van der Waals surface area contributed by atoms with E-state index in [2.05, 4.69) is 39.3 Å². The molecule has 2 heterocycles. The van der Waals surface area contributed by atoms with Crippen molar-refractivity contribution in [2.24, 2.45) is 0 Å². The van der Waals surface area contributed by atoms with Crippen molar-refractivity contribution in [1.82, 2.24) is 19.5 Å². The Labute approximate surface area is 101 Å². The second kappa shape index (κ2) is 4.54. The van der Waals surface area contributed by atoms with Crippen molar-refractivity contribution >= 4 is 11.3 Å². The van der Waals surface area contributed by atoms with Crippen LogP contribution >= 0.6 is 0 Å². The van der Waals surface area contributed by atoms with Crippen molar-refractivity contribution in [1.29, 1.82) is 0 Å². The number of hydrogen-bond donors (Lipinski definition) is 0. The fourth-order valence-corrected chi connectivity index (χ4v) is 2.13. The Morgan fingerprint density at radius 2 is 2.06 bits per heavy atom. The van der Waals surface area contributed by atoms with E-state index in [1.165, 1.54) is 0 Å². The molecule has 0 fully saturated rings. The van der Waals surface area contributed by atoms with Crippen LogP contribution in [0.3, 0.4) is 0 Å². The Morgan fingerprint density at radius 3 is 2.65 bits per heavy atom. The van der Waals surface area contributed by atoms with E-state index in [4.69, 9.17) is 6.42 Å². The summed E-state index contributed by atoms with van der Waals surface area (Å²) in [4.78, 5) is 13.1. The zero-order chi connectivity index (χ0) is 12.4. The first-order chi connectivity index (χ1) is 8.21. The molecule has 4 heteroatoms. The number of imidazole rings is 1. The molecule has 0 aliphatic rings. The summed E-state index contributed by atoms with van der Waals surface area (Å²) < 4.78 is 2.14. The molecule has 0 saturated carbocycles. The topological polar surface area (TPSA) is 43.6 Å². The Hall–Kier alpha value is -1.89. The van der Waals surface area contributed by atoms with Crippen LogP contribution in [0.1, 0.15) is 44.2 Å². The maximum atomic E-state index is 5.36. The van der Waals surface area contributed by atoms with E-state index >= 15 is 0 Å². The van der Waals surface area contributed by atoms with E-state index in [1.807, 2.05) is 6.92 Å². The van der Waals surface area contributed by atoms with Crippen molar-refractivity contribution in [2.45, 2.75) is 39.7 Å². The van der Waals surface area contributed by atoms with Crippen molar-refractivity contribution in [2.75, 3.05) is 0 Å². The van der Waals surface area contributed by atoms with E-state index in [1.54, 1.807) is 6.20 Å². The Bertz CT molecular complexity index is 573. The fraction of sp³-hybridized carbons (Fsp3) is 0.462. The first-order valence-corrected chi connectivity index (χ1v) is 5.89. The van der Waals surface area contributed by atoms with Gasteiger partial charge in [0.2, 0.25) is 0 Å². The normalized spacial score (nSPS) is 11.0. The van der Waals surface area contributed by atoms with Crippen molar-refractivity contribution in [3.05, 3.63) is 17.7 Å². The van der Waals surface area contributed by atoms with Gasteiger partial charge >= 0.3 is 0 Å². The molecule has 88 valence electrons. The lowest BCUT2D eigenvalue weighted by Gasteiger charge is -2.16. The zero-order valence-corrected chi connectivity index (χ0v) is 10.4. The van der Waals surface area contributed by atoms with E-state index in [0.717, 1.165) is 24.3 Å². The number of rotatable bonds is 3. The molecule has 17 heavy (non-hydrogen) atoms. The quantitative estimate of drug-likeness (QED) is 0.758. The zero-order valence-electron chi connectivity index (χ0n) is 10.4. The molecule has 0 amide bonds. The molecule has 0 spiro atoms. The maximum Gasteiger partial charge on any atom is 0.197 e. The van der Waals surface area contributed by atoms with Gasteiger partial charge in [-0.05, 0) is 25.7 Å². The largest absolute Gasteiger partial charge is 0.308 e. The van der Waals surface area contributed by atoms with E-state index in [0.29, 0.717) is 17.4 Å². The van der Waals surface area contributed by atoms with Gasteiger partial charge in [0.05, 0.1) is 6.20 Å². The standard InChI is InChI=1S/C13H16N4/c1-5-10-8-14-12-13(16-10)17(9(4)15-12)11(6-2)7-3/h1,8,11H,6-7H2,2-4H3. The van der Waals surface area contributed by atoms with Gasteiger partial charge < -0.3 is 4.57 Å². The van der Waals surface area contributed by atoms with Crippen LogP contribution in [0.4, 0.5) is 0 Å². The maximum absolute atomic E-state index is 5.36. The lowest BCUT2D eigenvalue weighted by atomic mass is 10.1.